The van der Waals surface area contributed by atoms with Crippen molar-refractivity contribution in [1.82, 2.24) is 0 Å². The van der Waals surface area contributed by atoms with Gasteiger partial charge in [0, 0.05) is 5.02 Å². The molecule has 84 valence electrons. The van der Waals surface area contributed by atoms with Gasteiger partial charge >= 0.3 is 0 Å². The van der Waals surface area contributed by atoms with Crippen molar-refractivity contribution < 1.29 is 0 Å². The Kier molecular flexibility index (Phi) is 5.13. The minimum Gasteiger partial charge on any atom is -0.330 e. The summed E-state index contributed by atoms with van der Waals surface area (Å²) in [5.74, 6) is 0.587. The van der Waals surface area contributed by atoms with Crippen molar-refractivity contribution in [2.45, 2.75) is 39.0 Å². The van der Waals surface area contributed by atoms with E-state index in [-0.39, 0.29) is 0 Å². The lowest BCUT2D eigenvalue weighted by molar-refractivity contribution is 0.642. The molecule has 2 N–H and O–H groups in total. The second-order valence-corrected chi connectivity index (χ2v) is 4.32. The third-order valence-electron chi connectivity index (χ3n) is 2.92. The Hall–Kier alpha value is -0.530. The molecule has 0 unspecified atom stereocenters. The minimum atomic E-state index is 0.587. The number of hydrogen-bond donors (Lipinski definition) is 1. The first-order chi connectivity index (χ1) is 7.22. The Balaban J connectivity index is 2.91. The molecule has 0 aliphatic heterocycles. The molecule has 0 atom stereocenters. The van der Waals surface area contributed by atoms with Crippen molar-refractivity contribution in [3.63, 3.8) is 0 Å². The normalized spacial score (nSPS) is 11.0. The highest BCUT2D eigenvalue weighted by Crippen LogP contribution is 2.30. The van der Waals surface area contributed by atoms with Crippen molar-refractivity contribution >= 4 is 11.6 Å². The summed E-state index contributed by atoms with van der Waals surface area (Å²) in [6.07, 6.45) is 3.20. The van der Waals surface area contributed by atoms with Crippen LogP contribution in [0.2, 0.25) is 5.02 Å². The summed E-state index contributed by atoms with van der Waals surface area (Å²) >= 11 is 6.28. The molecule has 0 fully saturated rings. The summed E-state index contributed by atoms with van der Waals surface area (Å²) < 4.78 is 0. The molecule has 0 aromatic heterocycles. The first kappa shape index (κ1) is 12.5. The summed E-state index contributed by atoms with van der Waals surface area (Å²) in [6.45, 7) is 5.09. The zero-order valence-electron chi connectivity index (χ0n) is 9.59. The number of rotatable bonds is 5. The zero-order valence-corrected chi connectivity index (χ0v) is 10.3. The third kappa shape index (κ3) is 3.22. The summed E-state index contributed by atoms with van der Waals surface area (Å²) in [7, 11) is 0. The molecule has 0 bridgehead atoms. The predicted octanol–water partition coefficient (Wildman–Crippen LogP) is 3.74. The third-order valence-corrected chi connectivity index (χ3v) is 3.25. The van der Waals surface area contributed by atoms with E-state index in [9.17, 15) is 0 Å². The van der Waals surface area contributed by atoms with Gasteiger partial charge < -0.3 is 5.73 Å². The largest absolute Gasteiger partial charge is 0.330 e. The Bertz CT molecular complexity index is 305. The lowest BCUT2D eigenvalue weighted by Crippen LogP contribution is -2.03. The highest BCUT2D eigenvalue weighted by molar-refractivity contribution is 6.31. The van der Waals surface area contributed by atoms with Crippen LogP contribution in [0.5, 0.6) is 0 Å². The lowest BCUT2D eigenvalue weighted by Gasteiger charge is -2.15. The van der Waals surface area contributed by atoms with Gasteiger partial charge in [-0.2, -0.15) is 0 Å². The highest BCUT2D eigenvalue weighted by atomic mass is 35.5. The van der Waals surface area contributed by atoms with Crippen molar-refractivity contribution in [1.29, 1.82) is 0 Å². The molecule has 0 saturated carbocycles. The first-order valence-corrected chi connectivity index (χ1v) is 6.09. The molecule has 2 heteroatoms. The fourth-order valence-electron chi connectivity index (χ4n) is 1.95. The van der Waals surface area contributed by atoms with E-state index >= 15 is 0 Å². The lowest BCUT2D eigenvalue weighted by atomic mass is 9.93. The van der Waals surface area contributed by atoms with Gasteiger partial charge in [-0.05, 0) is 48.9 Å². The van der Waals surface area contributed by atoms with Crippen LogP contribution in [0.4, 0.5) is 0 Å². The van der Waals surface area contributed by atoms with Gasteiger partial charge in [0.05, 0.1) is 0 Å². The van der Waals surface area contributed by atoms with Crippen LogP contribution in [0.25, 0.3) is 0 Å². The van der Waals surface area contributed by atoms with Crippen LogP contribution in [0.15, 0.2) is 18.2 Å². The van der Waals surface area contributed by atoms with E-state index in [1.165, 1.54) is 11.1 Å². The second kappa shape index (κ2) is 6.14. The van der Waals surface area contributed by atoms with Crippen molar-refractivity contribution in [2.24, 2.45) is 5.73 Å². The molecule has 0 saturated heterocycles. The van der Waals surface area contributed by atoms with Crippen LogP contribution in [0, 0.1) is 0 Å². The fourth-order valence-corrected chi connectivity index (χ4v) is 2.31. The van der Waals surface area contributed by atoms with Gasteiger partial charge in [0.1, 0.15) is 0 Å². The van der Waals surface area contributed by atoms with Gasteiger partial charge in [-0.15, -0.1) is 0 Å². The molecular weight excluding hydrogens is 206 g/mol. The molecule has 1 nitrogen and oxygen atoms in total. The molecule has 0 aliphatic carbocycles. The molecular formula is C13H20ClN. The fraction of sp³-hybridized carbons (Fsp3) is 0.538. The Morgan fingerprint density at radius 3 is 2.40 bits per heavy atom. The number of benzene rings is 1. The molecule has 0 heterocycles. The number of hydrogen-bond acceptors (Lipinski definition) is 1. The Morgan fingerprint density at radius 1 is 1.27 bits per heavy atom. The van der Waals surface area contributed by atoms with Crippen LogP contribution in [0.1, 0.15) is 43.7 Å². The van der Waals surface area contributed by atoms with E-state index in [4.69, 9.17) is 17.3 Å². The maximum atomic E-state index is 6.28. The standard InChI is InChI=1S/C13H20ClN/c1-3-11(4-2)12-6-5-10(7-8-15)9-13(12)14/h5-6,9,11H,3-4,7-8,15H2,1-2H3. The van der Waals surface area contributed by atoms with Crippen molar-refractivity contribution in [2.75, 3.05) is 6.54 Å². The summed E-state index contributed by atoms with van der Waals surface area (Å²) in [5.41, 5.74) is 8.03. The SMILES string of the molecule is CCC(CC)c1ccc(CCN)cc1Cl. The summed E-state index contributed by atoms with van der Waals surface area (Å²) in [6, 6.07) is 6.36. The average molecular weight is 226 g/mol. The maximum Gasteiger partial charge on any atom is 0.0443 e. The van der Waals surface area contributed by atoms with Crippen LogP contribution < -0.4 is 5.73 Å². The zero-order chi connectivity index (χ0) is 11.3. The topological polar surface area (TPSA) is 26.0 Å². The van der Waals surface area contributed by atoms with Crippen LogP contribution in [-0.4, -0.2) is 6.54 Å². The molecule has 1 aromatic rings. The highest BCUT2D eigenvalue weighted by Gasteiger charge is 2.10. The number of nitrogens with two attached hydrogens (primary N) is 1. The van der Waals surface area contributed by atoms with E-state index in [1.54, 1.807) is 0 Å². The van der Waals surface area contributed by atoms with E-state index < -0.39 is 0 Å². The summed E-state index contributed by atoms with van der Waals surface area (Å²) in [4.78, 5) is 0. The van der Waals surface area contributed by atoms with Crippen LogP contribution in [0.3, 0.4) is 0 Å². The molecule has 0 aliphatic rings. The Labute approximate surface area is 97.6 Å². The first-order valence-electron chi connectivity index (χ1n) is 5.71. The molecule has 0 spiro atoms. The van der Waals surface area contributed by atoms with Crippen LogP contribution >= 0.6 is 11.6 Å². The van der Waals surface area contributed by atoms with E-state index in [0.717, 1.165) is 24.3 Å². The van der Waals surface area contributed by atoms with Crippen molar-refractivity contribution in [3.05, 3.63) is 34.3 Å². The van der Waals surface area contributed by atoms with Gasteiger partial charge in [0.15, 0.2) is 0 Å². The second-order valence-electron chi connectivity index (χ2n) is 3.91. The van der Waals surface area contributed by atoms with Crippen LogP contribution in [-0.2, 0) is 6.42 Å². The Morgan fingerprint density at radius 2 is 1.93 bits per heavy atom. The van der Waals surface area contributed by atoms with E-state index in [2.05, 4.69) is 32.0 Å². The van der Waals surface area contributed by atoms with Crippen molar-refractivity contribution in [3.8, 4) is 0 Å². The smallest absolute Gasteiger partial charge is 0.0443 e. The monoisotopic (exact) mass is 225 g/mol. The molecule has 0 radical (unpaired) electrons. The van der Waals surface area contributed by atoms with Gasteiger partial charge in [-0.25, -0.2) is 0 Å². The molecule has 1 aromatic carbocycles. The molecule has 1 rings (SSSR count). The molecule has 15 heavy (non-hydrogen) atoms. The van der Waals surface area contributed by atoms with E-state index in [0.29, 0.717) is 12.5 Å². The van der Waals surface area contributed by atoms with Gasteiger partial charge in [0.2, 0.25) is 0 Å². The molecule has 0 amide bonds. The van der Waals surface area contributed by atoms with Gasteiger partial charge in [0.25, 0.3) is 0 Å². The average Bonchev–Trinajstić information content (AvgIpc) is 2.23. The maximum absolute atomic E-state index is 6.28. The van der Waals surface area contributed by atoms with E-state index in [1.807, 2.05) is 0 Å². The quantitative estimate of drug-likeness (QED) is 0.812. The predicted molar refractivity (Wildman–Crippen MR) is 67.5 cm³/mol. The summed E-state index contributed by atoms with van der Waals surface area (Å²) in [5, 5.41) is 0.898. The van der Waals surface area contributed by atoms with Gasteiger partial charge in [-0.3, -0.25) is 0 Å². The number of halogens is 1. The van der Waals surface area contributed by atoms with Gasteiger partial charge in [-0.1, -0.05) is 37.6 Å². The minimum absolute atomic E-state index is 0.587.